The molecule has 0 saturated heterocycles. The average molecular weight is 320 g/mol. The Hall–Kier alpha value is 0.499. The zero-order valence-electron chi connectivity index (χ0n) is 5.87. The van der Waals surface area contributed by atoms with Crippen LogP contribution in [0.1, 0.15) is 5.56 Å². The Morgan fingerprint density at radius 2 is 1.55 bits per heavy atom. The van der Waals surface area contributed by atoms with Crippen LogP contribution in [0.2, 0.25) is 0 Å². The first-order valence-electron chi connectivity index (χ1n) is 2.82. The molecule has 0 aliphatic heterocycles. The Morgan fingerprint density at radius 3 is 1.91 bits per heavy atom. The maximum atomic E-state index is 5.66. The molecule has 0 atom stereocenters. The van der Waals surface area contributed by atoms with E-state index in [0.29, 0.717) is 0 Å². The largest absolute Gasteiger partial charge is 0.397 e. The smallest absolute Gasteiger partial charge is 0.0603 e. The molecule has 1 aromatic rings. The topological polar surface area (TPSA) is 26.0 Å². The Balaban J connectivity index is 0.000001000. The minimum Gasteiger partial charge on any atom is -0.397 e. The predicted molar refractivity (Wildman–Crippen MR) is 51.0 cm³/mol. The molecule has 1 nitrogen and oxygen atoms in total. The van der Waals surface area contributed by atoms with E-state index in [4.69, 9.17) is 5.73 Å². The van der Waals surface area contributed by atoms with Crippen LogP contribution in [0.5, 0.6) is 0 Å². The van der Waals surface area contributed by atoms with Crippen LogP contribution in [0.4, 0.5) is 5.69 Å². The number of nitrogens with two attached hydrogens (primary N) is 1. The number of hydrogen-bond acceptors (Lipinski definition) is 1. The zero-order chi connectivity index (χ0) is 7.72. The van der Waals surface area contributed by atoms with Crippen molar-refractivity contribution in [2.24, 2.45) is 0 Å². The van der Waals surface area contributed by atoms with Gasteiger partial charge in [0.05, 0.1) is 5.69 Å². The number of halogens is 2. The summed E-state index contributed by atoms with van der Waals surface area (Å²) in [6.45, 7) is 2.02. The zero-order valence-corrected chi connectivity index (χ0v) is 10.2. The standard InChI is InChI=1S/C7H7Br2N.Mn/c1-4-2-5(8)7(10)6(9)3-4;/h2-3H,10H2,1H3;. The number of aryl methyl sites for hydroxylation is 1. The van der Waals surface area contributed by atoms with Crippen molar-refractivity contribution in [3.63, 3.8) is 0 Å². The number of benzene rings is 1. The van der Waals surface area contributed by atoms with Gasteiger partial charge in [0.15, 0.2) is 0 Å². The first-order valence-corrected chi connectivity index (χ1v) is 4.41. The monoisotopic (exact) mass is 318 g/mol. The van der Waals surface area contributed by atoms with Gasteiger partial charge in [-0.15, -0.1) is 0 Å². The van der Waals surface area contributed by atoms with Gasteiger partial charge in [-0.1, -0.05) is 0 Å². The van der Waals surface area contributed by atoms with Crippen LogP contribution in [-0.4, -0.2) is 0 Å². The van der Waals surface area contributed by atoms with E-state index in [0.717, 1.165) is 14.6 Å². The van der Waals surface area contributed by atoms with Gasteiger partial charge in [-0.05, 0) is 56.5 Å². The summed E-state index contributed by atoms with van der Waals surface area (Å²) in [6, 6.07) is 3.97. The van der Waals surface area contributed by atoms with Gasteiger partial charge in [0, 0.05) is 26.0 Å². The van der Waals surface area contributed by atoms with E-state index < -0.39 is 0 Å². The summed E-state index contributed by atoms with van der Waals surface area (Å²) in [4.78, 5) is 0. The second-order valence-corrected chi connectivity index (χ2v) is 3.85. The first kappa shape index (κ1) is 11.5. The second-order valence-electron chi connectivity index (χ2n) is 2.14. The fourth-order valence-corrected chi connectivity index (χ4v) is 2.13. The molecule has 0 aliphatic rings. The van der Waals surface area contributed by atoms with Crippen molar-refractivity contribution >= 4 is 37.5 Å². The van der Waals surface area contributed by atoms with Crippen LogP contribution >= 0.6 is 31.9 Å². The van der Waals surface area contributed by atoms with Crippen molar-refractivity contribution in [2.45, 2.75) is 6.92 Å². The third-order valence-electron chi connectivity index (χ3n) is 1.22. The third-order valence-corrected chi connectivity index (χ3v) is 2.54. The third kappa shape index (κ3) is 2.79. The number of anilines is 1. The molecule has 61 valence electrons. The molecule has 0 heterocycles. The predicted octanol–water partition coefficient (Wildman–Crippen LogP) is 3.10. The summed E-state index contributed by atoms with van der Waals surface area (Å²) in [5.74, 6) is 0. The van der Waals surface area contributed by atoms with Gasteiger partial charge in [0.2, 0.25) is 0 Å². The summed E-state index contributed by atoms with van der Waals surface area (Å²) in [6.07, 6.45) is 0. The molecule has 0 amide bonds. The van der Waals surface area contributed by atoms with Gasteiger partial charge in [0.25, 0.3) is 0 Å². The summed E-state index contributed by atoms with van der Waals surface area (Å²) in [5, 5.41) is 0. The van der Waals surface area contributed by atoms with Crippen LogP contribution in [-0.2, 0) is 17.1 Å². The molecule has 0 aromatic heterocycles. The van der Waals surface area contributed by atoms with E-state index in [1.807, 2.05) is 19.1 Å². The van der Waals surface area contributed by atoms with Crippen molar-refractivity contribution in [2.75, 3.05) is 5.73 Å². The number of hydrogen-bond donors (Lipinski definition) is 1. The fourth-order valence-electron chi connectivity index (χ4n) is 0.711. The normalized spacial score (nSPS) is 9.00. The van der Waals surface area contributed by atoms with Crippen LogP contribution < -0.4 is 5.73 Å². The van der Waals surface area contributed by atoms with Crippen molar-refractivity contribution in [1.29, 1.82) is 0 Å². The van der Waals surface area contributed by atoms with Gasteiger partial charge in [0.1, 0.15) is 0 Å². The van der Waals surface area contributed by atoms with Crippen molar-refractivity contribution in [3.05, 3.63) is 26.6 Å². The number of nitrogen functional groups attached to an aromatic ring is 1. The second kappa shape index (κ2) is 4.51. The van der Waals surface area contributed by atoms with Crippen LogP contribution in [0, 0.1) is 6.92 Å². The van der Waals surface area contributed by atoms with Crippen molar-refractivity contribution in [3.8, 4) is 0 Å². The Bertz CT molecular complexity index is 240. The van der Waals surface area contributed by atoms with E-state index in [2.05, 4.69) is 31.9 Å². The summed E-state index contributed by atoms with van der Waals surface area (Å²) in [5.41, 5.74) is 7.60. The molecule has 0 bridgehead atoms. The van der Waals surface area contributed by atoms with Crippen LogP contribution in [0.3, 0.4) is 0 Å². The van der Waals surface area contributed by atoms with E-state index in [9.17, 15) is 0 Å². The molecule has 0 aliphatic carbocycles. The molecule has 0 fully saturated rings. The maximum Gasteiger partial charge on any atom is 0.0603 e. The fraction of sp³-hybridized carbons (Fsp3) is 0.143. The molecule has 11 heavy (non-hydrogen) atoms. The summed E-state index contributed by atoms with van der Waals surface area (Å²) < 4.78 is 1.89. The Kier molecular flexibility index (Phi) is 4.71. The molecule has 0 unspecified atom stereocenters. The summed E-state index contributed by atoms with van der Waals surface area (Å²) in [7, 11) is 0. The SMILES string of the molecule is Cc1cc(Br)c(N)c(Br)c1.[Mn]. The van der Waals surface area contributed by atoms with Crippen LogP contribution in [0.15, 0.2) is 21.1 Å². The van der Waals surface area contributed by atoms with Gasteiger partial charge in [-0.2, -0.15) is 0 Å². The minimum atomic E-state index is 0. The van der Waals surface area contributed by atoms with Gasteiger partial charge < -0.3 is 5.73 Å². The first-order chi connectivity index (χ1) is 4.61. The molecule has 1 aromatic carbocycles. The molecule has 0 spiro atoms. The molecule has 1 radical (unpaired) electrons. The van der Waals surface area contributed by atoms with Crippen molar-refractivity contribution < 1.29 is 17.1 Å². The molecule has 4 heteroatoms. The van der Waals surface area contributed by atoms with Crippen LogP contribution in [0.25, 0.3) is 0 Å². The van der Waals surface area contributed by atoms with E-state index in [1.54, 1.807) is 0 Å². The average Bonchev–Trinajstić information content (AvgIpc) is 1.82. The number of rotatable bonds is 0. The molecule has 1 rings (SSSR count). The minimum absolute atomic E-state index is 0. The molecule has 2 N–H and O–H groups in total. The van der Waals surface area contributed by atoms with E-state index in [-0.39, 0.29) is 17.1 Å². The quantitative estimate of drug-likeness (QED) is 0.577. The Labute approximate surface area is 93.5 Å². The maximum absolute atomic E-state index is 5.66. The molecule has 0 saturated carbocycles. The summed E-state index contributed by atoms with van der Waals surface area (Å²) >= 11 is 6.68. The van der Waals surface area contributed by atoms with E-state index >= 15 is 0 Å². The van der Waals surface area contributed by atoms with Gasteiger partial charge in [-0.25, -0.2) is 0 Å². The van der Waals surface area contributed by atoms with Gasteiger partial charge in [-0.3, -0.25) is 0 Å². The van der Waals surface area contributed by atoms with E-state index in [1.165, 1.54) is 5.56 Å². The Morgan fingerprint density at radius 1 is 1.18 bits per heavy atom. The van der Waals surface area contributed by atoms with Gasteiger partial charge >= 0.3 is 0 Å². The molecular formula is C7H7Br2MnN. The van der Waals surface area contributed by atoms with Crippen molar-refractivity contribution in [1.82, 2.24) is 0 Å². The molecular weight excluding hydrogens is 313 g/mol.